The van der Waals surface area contributed by atoms with E-state index in [1.807, 2.05) is 0 Å². The van der Waals surface area contributed by atoms with Crippen LogP contribution in [0.5, 0.6) is 5.75 Å². The van der Waals surface area contributed by atoms with Crippen molar-refractivity contribution >= 4 is 11.8 Å². The van der Waals surface area contributed by atoms with Gasteiger partial charge in [0.05, 0.1) is 13.0 Å². The van der Waals surface area contributed by atoms with E-state index in [1.54, 1.807) is 24.3 Å². The maximum Gasteiger partial charge on any atom is 0.372 e. The molecule has 0 aliphatic carbocycles. The van der Waals surface area contributed by atoms with Gasteiger partial charge in [-0.2, -0.15) is 4.91 Å². The fraction of sp³-hybridized carbons (Fsp3) is 0.333. The molecule has 96 valence electrons. The van der Waals surface area contributed by atoms with Crippen LogP contribution in [0.4, 0.5) is 0 Å². The third-order valence-electron chi connectivity index (χ3n) is 2.67. The van der Waals surface area contributed by atoms with Crippen LogP contribution in [0.15, 0.2) is 29.4 Å². The number of carboxylic acids is 1. The predicted molar refractivity (Wildman–Crippen MR) is 63.3 cm³/mol. The Balaban J connectivity index is 2.98. The maximum absolute atomic E-state index is 11.3. The van der Waals surface area contributed by atoms with Gasteiger partial charge in [0.15, 0.2) is 0 Å². The Hall–Kier alpha value is -2.24. The molecule has 0 heterocycles. The van der Waals surface area contributed by atoms with Crippen LogP contribution in [0, 0.1) is 10.8 Å². The molecule has 1 aromatic rings. The molecule has 2 unspecified atom stereocenters. The van der Waals surface area contributed by atoms with Gasteiger partial charge >= 0.3 is 5.97 Å². The number of hydrogen-bond acceptors (Lipinski definition) is 5. The van der Waals surface area contributed by atoms with Crippen LogP contribution in [0.2, 0.25) is 0 Å². The number of aliphatic carboxylic acids is 1. The highest BCUT2D eigenvalue weighted by atomic mass is 16.5. The Bertz CT molecular complexity index is 454. The van der Waals surface area contributed by atoms with Crippen LogP contribution in [-0.2, 0) is 9.59 Å². The van der Waals surface area contributed by atoms with Gasteiger partial charge in [-0.05, 0) is 17.7 Å². The van der Waals surface area contributed by atoms with E-state index in [-0.39, 0.29) is 0 Å². The Kier molecular flexibility index (Phi) is 4.53. The summed E-state index contributed by atoms with van der Waals surface area (Å²) in [6, 6.07) is 5.38. The highest BCUT2D eigenvalue weighted by Gasteiger charge is 2.30. The van der Waals surface area contributed by atoms with Crippen molar-refractivity contribution < 1.29 is 19.4 Å². The number of benzene rings is 1. The van der Waals surface area contributed by atoms with E-state index in [0.717, 1.165) is 0 Å². The summed E-state index contributed by atoms with van der Waals surface area (Å²) in [6.45, 7) is 1.37. The minimum absolute atomic E-state index is 0.480. The fourth-order valence-corrected chi connectivity index (χ4v) is 1.58. The molecule has 1 aromatic carbocycles. The highest BCUT2D eigenvalue weighted by Crippen LogP contribution is 2.28. The summed E-state index contributed by atoms with van der Waals surface area (Å²) in [5, 5.41) is 11.5. The van der Waals surface area contributed by atoms with Gasteiger partial charge in [0.2, 0.25) is 5.78 Å². The topological polar surface area (TPSA) is 93.0 Å². The molecular formula is C12H13NO5. The lowest BCUT2D eigenvalue weighted by atomic mass is 9.92. The first kappa shape index (κ1) is 13.8. The van der Waals surface area contributed by atoms with E-state index < -0.39 is 23.7 Å². The van der Waals surface area contributed by atoms with Gasteiger partial charge in [-0.15, -0.1) is 0 Å². The molecule has 0 aromatic heterocycles. The fourth-order valence-electron chi connectivity index (χ4n) is 1.58. The maximum atomic E-state index is 11.3. The molecule has 0 saturated heterocycles. The van der Waals surface area contributed by atoms with Crippen molar-refractivity contribution in [2.24, 2.45) is 11.1 Å². The van der Waals surface area contributed by atoms with Crippen LogP contribution in [0.25, 0.3) is 0 Å². The number of nitroso groups, excluding NO2 is 1. The predicted octanol–water partition coefficient (Wildman–Crippen LogP) is 1.79. The van der Waals surface area contributed by atoms with Crippen LogP contribution in [-0.4, -0.2) is 24.0 Å². The van der Waals surface area contributed by atoms with Gasteiger partial charge < -0.3 is 9.84 Å². The third kappa shape index (κ3) is 2.91. The number of methoxy groups -OCH3 is 1. The van der Waals surface area contributed by atoms with E-state index >= 15 is 0 Å². The zero-order valence-electron chi connectivity index (χ0n) is 9.99. The molecule has 18 heavy (non-hydrogen) atoms. The number of hydrogen-bond donors (Lipinski definition) is 1. The van der Waals surface area contributed by atoms with Crippen molar-refractivity contribution in [1.29, 1.82) is 0 Å². The first-order valence-electron chi connectivity index (χ1n) is 5.24. The van der Waals surface area contributed by atoms with E-state index in [9.17, 15) is 14.5 Å². The number of carbonyl (C=O) groups is 2. The lowest BCUT2D eigenvalue weighted by Gasteiger charge is -2.15. The van der Waals surface area contributed by atoms with Crippen LogP contribution >= 0.6 is 0 Å². The quantitative estimate of drug-likeness (QED) is 0.614. The highest BCUT2D eigenvalue weighted by molar-refractivity contribution is 6.33. The van der Waals surface area contributed by atoms with E-state index in [1.165, 1.54) is 14.0 Å². The van der Waals surface area contributed by atoms with Crippen molar-refractivity contribution in [1.82, 2.24) is 0 Å². The van der Waals surface area contributed by atoms with E-state index in [0.29, 0.717) is 11.3 Å². The summed E-state index contributed by atoms with van der Waals surface area (Å²) in [7, 11) is 1.50. The zero-order valence-corrected chi connectivity index (χ0v) is 9.99. The molecule has 0 aliphatic heterocycles. The first-order valence-corrected chi connectivity index (χ1v) is 5.24. The van der Waals surface area contributed by atoms with Crippen LogP contribution < -0.4 is 4.74 Å². The van der Waals surface area contributed by atoms with Gasteiger partial charge in [-0.25, -0.2) is 4.79 Å². The molecule has 0 radical (unpaired) electrons. The summed E-state index contributed by atoms with van der Waals surface area (Å²) in [4.78, 5) is 32.7. The number of nitrogens with zero attached hydrogens (tertiary/aromatic N) is 1. The van der Waals surface area contributed by atoms with Crippen molar-refractivity contribution in [3.63, 3.8) is 0 Å². The molecule has 0 bridgehead atoms. The van der Waals surface area contributed by atoms with Crippen LogP contribution in [0.3, 0.4) is 0 Å². The molecule has 6 heteroatoms. The van der Waals surface area contributed by atoms with Crippen molar-refractivity contribution in [3.8, 4) is 5.75 Å². The van der Waals surface area contributed by atoms with Crippen molar-refractivity contribution in [3.05, 3.63) is 34.7 Å². The summed E-state index contributed by atoms with van der Waals surface area (Å²) in [5.74, 6) is -3.01. The number of carboxylic acid groups (broad SMARTS) is 1. The minimum Gasteiger partial charge on any atom is -0.497 e. The van der Waals surface area contributed by atoms with E-state index in [4.69, 9.17) is 9.84 Å². The molecule has 0 amide bonds. The summed E-state index contributed by atoms with van der Waals surface area (Å²) in [6.07, 6.45) is 0. The Morgan fingerprint density at radius 1 is 1.28 bits per heavy atom. The number of rotatable bonds is 6. The van der Waals surface area contributed by atoms with Gasteiger partial charge in [-0.3, -0.25) is 4.79 Å². The summed E-state index contributed by atoms with van der Waals surface area (Å²) >= 11 is 0. The molecule has 6 nitrogen and oxygen atoms in total. The average molecular weight is 251 g/mol. The lowest BCUT2D eigenvalue weighted by molar-refractivity contribution is -0.151. The number of ketones is 1. The third-order valence-corrected chi connectivity index (χ3v) is 2.67. The Morgan fingerprint density at radius 3 is 2.22 bits per heavy atom. The number of carbonyl (C=O) groups excluding carboxylic acids is 1. The van der Waals surface area contributed by atoms with Gasteiger partial charge in [0.1, 0.15) is 11.8 Å². The second-order valence-electron chi connectivity index (χ2n) is 3.78. The monoisotopic (exact) mass is 251 g/mol. The Labute approximate surface area is 104 Å². The molecular weight excluding hydrogens is 238 g/mol. The second-order valence-corrected chi connectivity index (χ2v) is 3.78. The molecule has 0 saturated carbocycles. The minimum atomic E-state index is -1.57. The smallest absolute Gasteiger partial charge is 0.372 e. The van der Waals surface area contributed by atoms with Gasteiger partial charge in [0.25, 0.3) is 0 Å². The van der Waals surface area contributed by atoms with Crippen molar-refractivity contribution in [2.45, 2.75) is 13.0 Å². The van der Waals surface area contributed by atoms with Crippen LogP contribution in [0.1, 0.15) is 18.5 Å². The van der Waals surface area contributed by atoms with Gasteiger partial charge in [-0.1, -0.05) is 24.2 Å². The lowest BCUT2D eigenvalue weighted by Crippen LogP contribution is -2.25. The molecule has 2 atom stereocenters. The molecule has 1 N–H and O–H groups in total. The SMILES string of the molecule is COc1ccc(C(N=O)C(C)C(=O)C(=O)O)cc1. The van der Waals surface area contributed by atoms with Crippen molar-refractivity contribution in [2.75, 3.05) is 7.11 Å². The number of ether oxygens (including phenoxy) is 1. The first-order chi connectivity index (χ1) is 8.51. The average Bonchev–Trinajstić information content (AvgIpc) is 2.39. The second kappa shape index (κ2) is 5.90. The zero-order chi connectivity index (χ0) is 13.7. The van der Waals surface area contributed by atoms with E-state index in [2.05, 4.69) is 5.18 Å². The molecule has 0 spiro atoms. The largest absolute Gasteiger partial charge is 0.497 e. The van der Waals surface area contributed by atoms with Gasteiger partial charge in [0, 0.05) is 0 Å². The Morgan fingerprint density at radius 2 is 1.83 bits per heavy atom. The summed E-state index contributed by atoms with van der Waals surface area (Å²) < 4.78 is 4.96. The normalized spacial score (nSPS) is 13.4. The molecule has 0 fully saturated rings. The number of Topliss-reactive ketones (excluding diaryl/α,β-unsaturated/α-hetero) is 1. The summed E-state index contributed by atoms with van der Waals surface area (Å²) in [5.41, 5.74) is 0.480. The molecule has 1 rings (SSSR count). The standard InChI is InChI=1S/C12H13NO5/c1-7(11(14)12(15)16)10(13-17)8-3-5-9(18-2)6-4-8/h3-7,10H,1-2H3,(H,15,16). The molecule has 0 aliphatic rings.